The molecular formula is C23H32ClNO. The molecule has 142 valence electrons. The zero-order valence-corrected chi connectivity index (χ0v) is 17.0. The monoisotopic (exact) mass is 373 g/mol. The second-order valence-corrected chi connectivity index (χ2v) is 8.02. The number of nitrogens with zero attached hydrogens (tertiary/aromatic N) is 1. The summed E-state index contributed by atoms with van der Waals surface area (Å²) in [5.41, 5.74) is 2.17. The molecule has 3 rings (SSSR count). The van der Waals surface area contributed by atoms with Crippen molar-refractivity contribution in [1.82, 2.24) is 4.90 Å². The minimum Gasteiger partial charge on any atom is -0.389 e. The lowest BCUT2D eigenvalue weighted by atomic mass is 9.66. The fourth-order valence-electron chi connectivity index (χ4n) is 4.39. The van der Waals surface area contributed by atoms with E-state index in [1.807, 2.05) is 6.07 Å². The Balaban J connectivity index is 0.00000243. The van der Waals surface area contributed by atoms with Crippen LogP contribution in [0.25, 0.3) is 0 Å². The third kappa shape index (κ3) is 4.31. The van der Waals surface area contributed by atoms with Crippen LogP contribution >= 0.6 is 12.4 Å². The highest BCUT2D eigenvalue weighted by molar-refractivity contribution is 5.85. The first kappa shape index (κ1) is 21.0. The van der Waals surface area contributed by atoms with Crippen LogP contribution in [0.15, 0.2) is 60.7 Å². The van der Waals surface area contributed by atoms with Crippen molar-refractivity contribution in [1.29, 1.82) is 0 Å². The first-order valence-electron chi connectivity index (χ1n) is 9.44. The van der Waals surface area contributed by atoms with Gasteiger partial charge in [-0.1, -0.05) is 67.6 Å². The Kier molecular flexibility index (Phi) is 6.90. The van der Waals surface area contributed by atoms with Crippen molar-refractivity contribution in [2.45, 2.75) is 56.1 Å². The molecule has 1 unspecified atom stereocenters. The van der Waals surface area contributed by atoms with Gasteiger partial charge < -0.3 is 10.0 Å². The number of rotatable bonds is 5. The number of hydrogen-bond donors (Lipinski definition) is 1. The van der Waals surface area contributed by atoms with Crippen molar-refractivity contribution < 1.29 is 5.11 Å². The summed E-state index contributed by atoms with van der Waals surface area (Å²) in [6, 6.07) is 21.2. The molecule has 1 fully saturated rings. The lowest BCUT2D eigenvalue weighted by molar-refractivity contribution is -0.0587. The summed E-state index contributed by atoms with van der Waals surface area (Å²) in [7, 11) is 4.38. The summed E-state index contributed by atoms with van der Waals surface area (Å²) in [5, 5.41) is 11.4. The van der Waals surface area contributed by atoms with Gasteiger partial charge in [0.1, 0.15) is 0 Å². The Morgan fingerprint density at radius 1 is 0.885 bits per heavy atom. The zero-order chi connectivity index (χ0) is 17.9. The molecule has 0 spiro atoms. The van der Waals surface area contributed by atoms with Crippen LogP contribution in [-0.2, 0) is 6.42 Å². The molecule has 0 amide bonds. The molecule has 0 aromatic heterocycles. The Labute approximate surface area is 164 Å². The molecule has 0 heterocycles. The van der Waals surface area contributed by atoms with E-state index in [9.17, 15) is 5.11 Å². The summed E-state index contributed by atoms with van der Waals surface area (Å²) in [6.45, 7) is 2.18. The normalized spacial score (nSPS) is 27.0. The summed E-state index contributed by atoms with van der Waals surface area (Å²) in [4.78, 5) is 2.38. The van der Waals surface area contributed by atoms with Crippen LogP contribution in [0.3, 0.4) is 0 Å². The maximum Gasteiger partial charge on any atom is 0.0714 e. The Morgan fingerprint density at radius 2 is 1.38 bits per heavy atom. The molecule has 0 saturated heterocycles. The number of likely N-dealkylation sites (N-methyl/N-ethyl adjacent to an activating group) is 1. The molecule has 3 heteroatoms. The summed E-state index contributed by atoms with van der Waals surface area (Å²) >= 11 is 0. The van der Waals surface area contributed by atoms with Gasteiger partial charge in [-0.2, -0.15) is 0 Å². The molecule has 1 aliphatic carbocycles. The average molecular weight is 374 g/mol. The van der Waals surface area contributed by atoms with Crippen molar-refractivity contribution in [3.8, 4) is 0 Å². The number of hydrogen-bond acceptors (Lipinski definition) is 2. The lowest BCUT2D eigenvalue weighted by Gasteiger charge is -2.50. The molecule has 2 aromatic rings. The van der Waals surface area contributed by atoms with Crippen LogP contribution in [0.4, 0.5) is 0 Å². The van der Waals surface area contributed by atoms with E-state index in [2.05, 4.69) is 80.5 Å². The van der Waals surface area contributed by atoms with Crippen molar-refractivity contribution in [3.05, 3.63) is 71.8 Å². The smallest absolute Gasteiger partial charge is 0.0714 e. The molecule has 0 aliphatic heterocycles. The summed E-state index contributed by atoms with van der Waals surface area (Å²) in [5.74, 6) is 0.172. The fourth-order valence-corrected chi connectivity index (χ4v) is 4.39. The van der Waals surface area contributed by atoms with Crippen molar-refractivity contribution in [2.24, 2.45) is 0 Å². The van der Waals surface area contributed by atoms with Gasteiger partial charge >= 0.3 is 0 Å². The van der Waals surface area contributed by atoms with Crippen molar-refractivity contribution >= 4 is 12.4 Å². The topological polar surface area (TPSA) is 23.5 Å². The van der Waals surface area contributed by atoms with Crippen LogP contribution < -0.4 is 0 Å². The molecular weight excluding hydrogens is 342 g/mol. The molecule has 0 bridgehead atoms. The van der Waals surface area contributed by atoms with Gasteiger partial charge in [-0.05, 0) is 57.3 Å². The van der Waals surface area contributed by atoms with E-state index in [1.54, 1.807) is 0 Å². The number of aliphatic hydroxyl groups is 1. The van der Waals surface area contributed by atoms with E-state index in [0.29, 0.717) is 0 Å². The molecule has 2 aromatic carbocycles. The number of benzene rings is 2. The quantitative estimate of drug-likeness (QED) is 0.791. The maximum absolute atomic E-state index is 11.4. The Morgan fingerprint density at radius 3 is 1.88 bits per heavy atom. The highest BCUT2D eigenvalue weighted by atomic mass is 35.5. The standard InChI is InChI=1S/C23H31NO.ClH/c1-19(21-12-8-5-9-13-21)23(25)16-14-22(15-17-23,24(2)3)18-20-10-6-4-7-11-20;/h4-13,19,25H,14-18H2,1-3H3;1H. The third-order valence-corrected chi connectivity index (χ3v) is 6.48. The van der Waals surface area contributed by atoms with Gasteiger partial charge in [0.15, 0.2) is 0 Å². The van der Waals surface area contributed by atoms with Gasteiger partial charge in [0.05, 0.1) is 5.60 Å². The van der Waals surface area contributed by atoms with E-state index in [4.69, 9.17) is 0 Å². The third-order valence-electron chi connectivity index (χ3n) is 6.48. The lowest BCUT2D eigenvalue weighted by Crippen LogP contribution is -2.53. The Hall–Kier alpha value is -1.35. The number of halogens is 1. The van der Waals surface area contributed by atoms with Gasteiger partial charge in [-0.3, -0.25) is 0 Å². The maximum atomic E-state index is 11.4. The Bertz CT molecular complexity index is 663. The van der Waals surface area contributed by atoms with Crippen LogP contribution in [-0.4, -0.2) is 35.2 Å². The van der Waals surface area contributed by atoms with Gasteiger partial charge in [-0.15, -0.1) is 12.4 Å². The first-order chi connectivity index (χ1) is 12.0. The van der Waals surface area contributed by atoms with Crippen molar-refractivity contribution in [2.75, 3.05) is 14.1 Å². The van der Waals surface area contributed by atoms with E-state index in [-0.39, 0.29) is 23.9 Å². The van der Waals surface area contributed by atoms with E-state index < -0.39 is 5.60 Å². The summed E-state index contributed by atoms with van der Waals surface area (Å²) < 4.78 is 0. The van der Waals surface area contributed by atoms with E-state index >= 15 is 0 Å². The van der Waals surface area contributed by atoms with Crippen LogP contribution in [0.5, 0.6) is 0 Å². The van der Waals surface area contributed by atoms with Gasteiger partial charge in [0, 0.05) is 11.5 Å². The molecule has 1 N–H and O–H groups in total. The van der Waals surface area contributed by atoms with Crippen LogP contribution in [0, 0.1) is 0 Å². The van der Waals surface area contributed by atoms with Crippen molar-refractivity contribution in [3.63, 3.8) is 0 Å². The molecule has 2 nitrogen and oxygen atoms in total. The second-order valence-electron chi connectivity index (χ2n) is 8.02. The van der Waals surface area contributed by atoms with E-state index in [1.165, 1.54) is 11.1 Å². The predicted molar refractivity (Wildman–Crippen MR) is 112 cm³/mol. The average Bonchev–Trinajstić information content (AvgIpc) is 2.65. The molecule has 1 saturated carbocycles. The SMILES string of the molecule is CC(c1ccccc1)C1(O)CCC(Cc2ccccc2)(N(C)C)CC1.Cl. The predicted octanol–water partition coefficient (Wildman–Crippen LogP) is 5.06. The minimum absolute atomic E-state index is 0. The fraction of sp³-hybridized carbons (Fsp3) is 0.478. The van der Waals surface area contributed by atoms with Crippen LogP contribution in [0.2, 0.25) is 0 Å². The van der Waals surface area contributed by atoms with Gasteiger partial charge in [0.2, 0.25) is 0 Å². The van der Waals surface area contributed by atoms with E-state index in [0.717, 1.165) is 32.1 Å². The largest absolute Gasteiger partial charge is 0.389 e. The van der Waals surface area contributed by atoms with Crippen LogP contribution in [0.1, 0.15) is 49.7 Å². The molecule has 1 atom stereocenters. The zero-order valence-electron chi connectivity index (χ0n) is 16.2. The van der Waals surface area contributed by atoms with Gasteiger partial charge in [-0.25, -0.2) is 0 Å². The molecule has 0 radical (unpaired) electrons. The molecule has 1 aliphatic rings. The van der Waals surface area contributed by atoms with Gasteiger partial charge in [0.25, 0.3) is 0 Å². The summed E-state index contributed by atoms with van der Waals surface area (Å²) in [6.07, 6.45) is 4.82. The minimum atomic E-state index is -0.600. The molecule has 26 heavy (non-hydrogen) atoms. The highest BCUT2D eigenvalue weighted by Gasteiger charge is 2.45. The highest BCUT2D eigenvalue weighted by Crippen LogP contribution is 2.45. The first-order valence-corrected chi connectivity index (χ1v) is 9.44. The second kappa shape index (κ2) is 8.56.